The molecule has 0 spiro atoms. The number of ether oxygens (including phenoxy) is 2. The zero-order valence-electron chi connectivity index (χ0n) is 14.2. The molecule has 1 aromatic heterocycles. The van der Waals surface area contributed by atoms with Crippen LogP contribution in [0.15, 0.2) is 6.07 Å². The smallest absolute Gasteiger partial charge is 0.270 e. The SMILES string of the molecule is COCCCNC(=O)c1cc(C(C)C)nc(N2CCOCC2)n1. The maximum absolute atomic E-state index is 12.3. The number of carbonyl (C=O) groups excluding carboxylic acids is 1. The third-order valence-corrected chi connectivity index (χ3v) is 3.66. The van der Waals surface area contributed by atoms with E-state index in [1.165, 1.54) is 0 Å². The van der Waals surface area contributed by atoms with E-state index in [1.54, 1.807) is 13.2 Å². The molecular weight excluding hydrogens is 296 g/mol. The number of nitrogens with zero attached hydrogens (tertiary/aromatic N) is 3. The van der Waals surface area contributed by atoms with Crippen molar-refractivity contribution < 1.29 is 14.3 Å². The Morgan fingerprint density at radius 1 is 1.39 bits per heavy atom. The largest absolute Gasteiger partial charge is 0.385 e. The Morgan fingerprint density at radius 3 is 2.78 bits per heavy atom. The van der Waals surface area contributed by atoms with Crippen molar-refractivity contribution in [1.29, 1.82) is 0 Å². The van der Waals surface area contributed by atoms with E-state index in [-0.39, 0.29) is 11.8 Å². The van der Waals surface area contributed by atoms with Gasteiger partial charge in [-0.2, -0.15) is 0 Å². The summed E-state index contributed by atoms with van der Waals surface area (Å²) in [5, 5.41) is 2.88. The summed E-state index contributed by atoms with van der Waals surface area (Å²) in [5.74, 6) is 0.680. The number of nitrogens with one attached hydrogen (secondary N) is 1. The van der Waals surface area contributed by atoms with Crippen LogP contribution >= 0.6 is 0 Å². The van der Waals surface area contributed by atoms with Crippen molar-refractivity contribution in [2.24, 2.45) is 0 Å². The van der Waals surface area contributed by atoms with Crippen LogP contribution in [0.4, 0.5) is 5.95 Å². The van der Waals surface area contributed by atoms with Crippen LogP contribution in [0, 0.1) is 0 Å². The van der Waals surface area contributed by atoms with Crippen molar-refractivity contribution in [3.63, 3.8) is 0 Å². The van der Waals surface area contributed by atoms with Gasteiger partial charge in [0.05, 0.1) is 13.2 Å². The lowest BCUT2D eigenvalue weighted by Crippen LogP contribution is -2.38. The van der Waals surface area contributed by atoms with Crippen LogP contribution < -0.4 is 10.2 Å². The van der Waals surface area contributed by atoms with Crippen LogP contribution in [-0.2, 0) is 9.47 Å². The molecule has 1 N–H and O–H groups in total. The number of amides is 1. The molecule has 7 heteroatoms. The predicted molar refractivity (Wildman–Crippen MR) is 88.0 cm³/mol. The molecule has 0 aromatic carbocycles. The van der Waals surface area contributed by atoms with Gasteiger partial charge in [-0.3, -0.25) is 4.79 Å². The Labute approximate surface area is 137 Å². The Hall–Kier alpha value is -1.73. The standard InChI is InChI=1S/C16H26N4O3/c1-12(2)13-11-14(15(21)17-5-4-8-22-3)19-16(18-13)20-6-9-23-10-7-20/h11-12H,4-10H2,1-3H3,(H,17,21). The predicted octanol–water partition coefficient (Wildman–Crippen LogP) is 1.20. The fraction of sp³-hybridized carbons (Fsp3) is 0.688. The summed E-state index contributed by atoms with van der Waals surface area (Å²) in [7, 11) is 1.65. The Kier molecular flexibility index (Phi) is 6.73. The molecule has 1 aliphatic rings. The lowest BCUT2D eigenvalue weighted by molar-refractivity contribution is 0.0943. The maximum Gasteiger partial charge on any atom is 0.270 e. The van der Waals surface area contributed by atoms with Gasteiger partial charge in [0, 0.05) is 39.0 Å². The summed E-state index contributed by atoms with van der Waals surface area (Å²) in [6.07, 6.45) is 0.778. The molecule has 128 valence electrons. The van der Waals surface area contributed by atoms with Gasteiger partial charge in [-0.05, 0) is 18.4 Å². The van der Waals surface area contributed by atoms with E-state index >= 15 is 0 Å². The summed E-state index contributed by atoms with van der Waals surface area (Å²) in [6.45, 7) is 8.13. The highest BCUT2D eigenvalue weighted by Gasteiger charge is 2.19. The molecule has 0 aliphatic carbocycles. The second-order valence-corrected chi connectivity index (χ2v) is 5.83. The number of anilines is 1. The van der Waals surface area contributed by atoms with E-state index in [1.807, 2.05) is 0 Å². The molecule has 1 aliphatic heterocycles. The molecule has 23 heavy (non-hydrogen) atoms. The highest BCUT2D eigenvalue weighted by Crippen LogP contribution is 2.18. The van der Waals surface area contributed by atoms with Crippen LogP contribution in [0.5, 0.6) is 0 Å². The Bertz CT molecular complexity index is 516. The van der Waals surface area contributed by atoms with Gasteiger partial charge in [0.25, 0.3) is 5.91 Å². The van der Waals surface area contributed by atoms with Gasteiger partial charge in [-0.15, -0.1) is 0 Å². The first-order valence-corrected chi connectivity index (χ1v) is 8.10. The van der Waals surface area contributed by atoms with Crippen molar-refractivity contribution in [2.45, 2.75) is 26.2 Å². The summed E-state index contributed by atoms with van der Waals surface area (Å²) < 4.78 is 10.3. The molecule has 7 nitrogen and oxygen atoms in total. The molecule has 0 unspecified atom stereocenters. The second-order valence-electron chi connectivity index (χ2n) is 5.83. The van der Waals surface area contributed by atoms with Crippen LogP contribution in [0.2, 0.25) is 0 Å². The number of hydrogen-bond acceptors (Lipinski definition) is 6. The molecule has 1 saturated heterocycles. The highest BCUT2D eigenvalue weighted by atomic mass is 16.5. The van der Waals surface area contributed by atoms with Gasteiger partial charge in [0.15, 0.2) is 0 Å². The van der Waals surface area contributed by atoms with Gasteiger partial charge in [0.1, 0.15) is 5.69 Å². The Morgan fingerprint density at radius 2 is 2.13 bits per heavy atom. The second kappa shape index (κ2) is 8.79. The van der Waals surface area contributed by atoms with E-state index in [9.17, 15) is 4.79 Å². The van der Waals surface area contributed by atoms with Crippen LogP contribution in [0.3, 0.4) is 0 Å². The van der Waals surface area contributed by atoms with Crippen molar-refractivity contribution in [2.75, 3.05) is 51.5 Å². The molecule has 2 rings (SSSR count). The van der Waals surface area contributed by atoms with E-state index in [0.29, 0.717) is 38.0 Å². The number of carbonyl (C=O) groups is 1. The summed E-state index contributed by atoms with van der Waals surface area (Å²) in [6, 6.07) is 1.78. The molecule has 0 saturated carbocycles. The fourth-order valence-corrected chi connectivity index (χ4v) is 2.28. The summed E-state index contributed by atoms with van der Waals surface area (Å²) in [5.41, 5.74) is 1.30. The Balaban J connectivity index is 2.13. The number of hydrogen-bond donors (Lipinski definition) is 1. The molecule has 0 radical (unpaired) electrons. The monoisotopic (exact) mass is 322 g/mol. The molecular formula is C16H26N4O3. The average Bonchev–Trinajstić information content (AvgIpc) is 2.59. The zero-order chi connectivity index (χ0) is 16.7. The minimum atomic E-state index is -0.167. The minimum absolute atomic E-state index is 0.167. The fourth-order valence-electron chi connectivity index (χ4n) is 2.28. The van der Waals surface area contributed by atoms with Gasteiger partial charge in [0.2, 0.25) is 5.95 Å². The molecule has 0 bridgehead atoms. The van der Waals surface area contributed by atoms with Gasteiger partial charge < -0.3 is 19.7 Å². The third kappa shape index (κ3) is 5.14. The number of methoxy groups -OCH3 is 1. The highest BCUT2D eigenvalue weighted by molar-refractivity contribution is 5.92. The van der Waals surface area contributed by atoms with Crippen molar-refractivity contribution in [3.8, 4) is 0 Å². The van der Waals surface area contributed by atoms with E-state index < -0.39 is 0 Å². The van der Waals surface area contributed by atoms with Crippen molar-refractivity contribution >= 4 is 11.9 Å². The minimum Gasteiger partial charge on any atom is -0.385 e. The normalized spacial score (nSPS) is 15.0. The molecule has 0 atom stereocenters. The first-order chi connectivity index (χ1) is 11.1. The first-order valence-electron chi connectivity index (χ1n) is 8.10. The topological polar surface area (TPSA) is 76.6 Å². The quantitative estimate of drug-likeness (QED) is 0.760. The summed E-state index contributed by atoms with van der Waals surface area (Å²) >= 11 is 0. The first kappa shape index (κ1) is 17.6. The number of morpholine rings is 1. The molecule has 1 aromatic rings. The van der Waals surface area contributed by atoms with Gasteiger partial charge in [-0.1, -0.05) is 13.8 Å². The van der Waals surface area contributed by atoms with Crippen LogP contribution in [0.25, 0.3) is 0 Å². The zero-order valence-corrected chi connectivity index (χ0v) is 14.2. The number of rotatable bonds is 7. The molecule has 1 amide bonds. The lowest BCUT2D eigenvalue weighted by Gasteiger charge is -2.27. The maximum atomic E-state index is 12.3. The molecule has 1 fully saturated rings. The van der Waals surface area contributed by atoms with Crippen LogP contribution in [0.1, 0.15) is 42.4 Å². The number of aromatic nitrogens is 2. The van der Waals surface area contributed by atoms with E-state index in [0.717, 1.165) is 25.2 Å². The van der Waals surface area contributed by atoms with Gasteiger partial charge in [-0.25, -0.2) is 9.97 Å². The third-order valence-electron chi connectivity index (χ3n) is 3.66. The van der Waals surface area contributed by atoms with Crippen molar-refractivity contribution in [3.05, 3.63) is 17.5 Å². The van der Waals surface area contributed by atoms with E-state index in [2.05, 4.69) is 34.0 Å². The average molecular weight is 322 g/mol. The molecule has 2 heterocycles. The van der Waals surface area contributed by atoms with Crippen LogP contribution in [-0.4, -0.2) is 62.4 Å². The van der Waals surface area contributed by atoms with Gasteiger partial charge >= 0.3 is 0 Å². The summed E-state index contributed by atoms with van der Waals surface area (Å²) in [4.78, 5) is 23.5. The lowest BCUT2D eigenvalue weighted by atomic mass is 10.1. The van der Waals surface area contributed by atoms with E-state index in [4.69, 9.17) is 9.47 Å². The van der Waals surface area contributed by atoms with Crippen molar-refractivity contribution in [1.82, 2.24) is 15.3 Å².